The van der Waals surface area contributed by atoms with Gasteiger partial charge in [0, 0.05) is 49.6 Å². The lowest BCUT2D eigenvalue weighted by Gasteiger charge is -2.30. The number of imidazole rings is 1. The standard InChI is InChI=1S/C22H18ClF6N5O/c23-14-9-31-2-1-13(14)20-18-10-33(3-4-34(18)21(32-20)22(27,28)29)19(35)7-12(30)5-11-6-16(25)17(26)8-15(11)24/h1-2,6,8-9,12H,3-5,7,10,30H2. The molecular weight excluding hydrogens is 500 g/mol. The Labute approximate surface area is 200 Å². The highest BCUT2D eigenvalue weighted by molar-refractivity contribution is 6.33. The second-order valence-electron chi connectivity index (χ2n) is 8.08. The first-order valence-electron chi connectivity index (χ1n) is 10.4. The Morgan fingerprint density at radius 2 is 1.86 bits per heavy atom. The summed E-state index contributed by atoms with van der Waals surface area (Å²) in [7, 11) is 0. The maximum atomic E-state index is 13.9. The van der Waals surface area contributed by atoms with Gasteiger partial charge in [0.05, 0.1) is 23.0 Å². The zero-order chi connectivity index (χ0) is 25.5. The van der Waals surface area contributed by atoms with Gasteiger partial charge in [0.15, 0.2) is 11.6 Å². The van der Waals surface area contributed by atoms with E-state index < -0.39 is 41.4 Å². The van der Waals surface area contributed by atoms with Gasteiger partial charge in [-0.3, -0.25) is 9.78 Å². The molecule has 3 aromatic rings. The van der Waals surface area contributed by atoms with Gasteiger partial charge in [-0.15, -0.1) is 0 Å². The monoisotopic (exact) mass is 517 g/mol. The number of aromatic nitrogens is 3. The first-order valence-corrected chi connectivity index (χ1v) is 10.8. The van der Waals surface area contributed by atoms with Crippen molar-refractivity contribution in [2.24, 2.45) is 5.73 Å². The van der Waals surface area contributed by atoms with Crippen molar-refractivity contribution in [2.75, 3.05) is 6.54 Å². The molecule has 0 saturated carbocycles. The minimum absolute atomic E-state index is 0.0182. The Hall–Kier alpha value is -3.12. The van der Waals surface area contributed by atoms with Gasteiger partial charge >= 0.3 is 6.18 Å². The highest BCUT2D eigenvalue weighted by Crippen LogP contribution is 2.37. The van der Waals surface area contributed by atoms with E-state index in [1.165, 1.54) is 23.4 Å². The summed E-state index contributed by atoms with van der Waals surface area (Å²) >= 11 is 6.13. The van der Waals surface area contributed by atoms with Crippen LogP contribution in [0.25, 0.3) is 11.3 Å². The number of pyridine rings is 1. The summed E-state index contributed by atoms with van der Waals surface area (Å²) in [6, 6.07) is 1.57. The maximum Gasteiger partial charge on any atom is 0.449 e. The van der Waals surface area contributed by atoms with Crippen LogP contribution in [-0.2, 0) is 30.5 Å². The molecule has 0 spiro atoms. The fourth-order valence-electron chi connectivity index (χ4n) is 4.01. The summed E-state index contributed by atoms with van der Waals surface area (Å²) in [4.78, 5) is 21.8. The third-order valence-corrected chi connectivity index (χ3v) is 5.95. The zero-order valence-corrected chi connectivity index (χ0v) is 18.7. The maximum absolute atomic E-state index is 13.9. The Morgan fingerprint density at radius 1 is 1.14 bits per heavy atom. The molecule has 0 fully saturated rings. The van der Waals surface area contributed by atoms with Crippen LogP contribution in [0.4, 0.5) is 26.3 Å². The Bertz CT molecular complexity index is 1280. The third kappa shape index (κ3) is 5.13. The highest BCUT2D eigenvalue weighted by Gasteiger charge is 2.41. The van der Waals surface area contributed by atoms with E-state index in [1.54, 1.807) is 0 Å². The van der Waals surface area contributed by atoms with Crippen LogP contribution in [-0.4, -0.2) is 37.9 Å². The molecule has 186 valence electrons. The Morgan fingerprint density at radius 3 is 2.54 bits per heavy atom. The molecule has 1 aliphatic rings. The van der Waals surface area contributed by atoms with E-state index in [-0.39, 0.29) is 60.0 Å². The van der Waals surface area contributed by atoms with Gasteiger partial charge in [0.1, 0.15) is 5.82 Å². The van der Waals surface area contributed by atoms with Crippen LogP contribution < -0.4 is 5.73 Å². The SMILES string of the molecule is NC(CC(=O)N1CCn2c(C(F)(F)F)nc(-c3ccncc3Cl)c2C1)Cc1cc(F)c(F)cc1F. The number of hydrogen-bond donors (Lipinski definition) is 1. The quantitative estimate of drug-likeness (QED) is 0.403. The van der Waals surface area contributed by atoms with E-state index >= 15 is 0 Å². The third-order valence-electron chi connectivity index (χ3n) is 5.65. The number of amides is 1. The molecule has 35 heavy (non-hydrogen) atoms. The Balaban J connectivity index is 1.55. The molecule has 1 unspecified atom stereocenters. The molecule has 6 nitrogen and oxygen atoms in total. The molecule has 3 heterocycles. The van der Waals surface area contributed by atoms with E-state index in [4.69, 9.17) is 17.3 Å². The van der Waals surface area contributed by atoms with Crippen LogP contribution >= 0.6 is 11.6 Å². The lowest BCUT2D eigenvalue weighted by molar-refractivity contribution is -0.148. The number of halogens is 7. The van der Waals surface area contributed by atoms with E-state index in [2.05, 4.69) is 9.97 Å². The molecule has 1 atom stereocenters. The fourth-order valence-corrected chi connectivity index (χ4v) is 4.22. The number of nitrogens with two attached hydrogens (primary N) is 1. The van der Waals surface area contributed by atoms with Gasteiger partial charge in [-0.25, -0.2) is 18.2 Å². The molecule has 0 aliphatic carbocycles. The summed E-state index contributed by atoms with van der Waals surface area (Å²) in [5.74, 6) is -5.18. The van der Waals surface area contributed by atoms with Crippen LogP contribution in [0, 0.1) is 17.5 Å². The Kier molecular flexibility index (Phi) is 6.78. The zero-order valence-electron chi connectivity index (χ0n) is 17.9. The van der Waals surface area contributed by atoms with Crippen molar-refractivity contribution in [3.63, 3.8) is 0 Å². The summed E-state index contributed by atoms with van der Waals surface area (Å²) < 4.78 is 82.3. The normalized spacial score (nSPS) is 14.7. The number of carbonyl (C=O) groups excluding carboxylic acids is 1. The number of fused-ring (bicyclic) bond motifs is 1. The van der Waals surface area contributed by atoms with E-state index in [0.29, 0.717) is 12.1 Å². The van der Waals surface area contributed by atoms with Crippen molar-refractivity contribution >= 4 is 17.5 Å². The highest BCUT2D eigenvalue weighted by atomic mass is 35.5. The largest absolute Gasteiger partial charge is 0.449 e. The lowest BCUT2D eigenvalue weighted by atomic mass is 10.0. The summed E-state index contributed by atoms with van der Waals surface area (Å²) in [5.41, 5.74) is 6.12. The van der Waals surface area contributed by atoms with Crippen molar-refractivity contribution in [3.8, 4) is 11.3 Å². The molecule has 1 amide bonds. The second-order valence-corrected chi connectivity index (χ2v) is 8.48. The van der Waals surface area contributed by atoms with Crippen LogP contribution in [0.1, 0.15) is 23.5 Å². The molecule has 2 N–H and O–H groups in total. The molecule has 0 bridgehead atoms. The minimum atomic E-state index is -4.73. The summed E-state index contributed by atoms with van der Waals surface area (Å²) in [6.45, 7) is -0.401. The first kappa shape index (κ1) is 25.0. The predicted molar refractivity (Wildman–Crippen MR) is 113 cm³/mol. The molecule has 4 rings (SSSR count). The molecule has 2 aromatic heterocycles. The van der Waals surface area contributed by atoms with Crippen molar-refractivity contribution in [1.29, 1.82) is 0 Å². The van der Waals surface area contributed by atoms with Crippen LogP contribution in [0.5, 0.6) is 0 Å². The van der Waals surface area contributed by atoms with E-state index in [0.717, 1.165) is 4.57 Å². The number of benzene rings is 1. The summed E-state index contributed by atoms with van der Waals surface area (Å²) in [5, 5.41) is 0.0983. The number of alkyl halides is 3. The lowest BCUT2D eigenvalue weighted by Crippen LogP contribution is -2.42. The van der Waals surface area contributed by atoms with E-state index in [1.807, 2.05) is 0 Å². The predicted octanol–water partition coefficient (Wildman–Crippen LogP) is 4.34. The van der Waals surface area contributed by atoms with Crippen LogP contribution in [0.3, 0.4) is 0 Å². The number of nitrogens with zero attached hydrogens (tertiary/aromatic N) is 4. The molecule has 1 aromatic carbocycles. The molecule has 13 heteroatoms. The van der Waals surface area contributed by atoms with Crippen LogP contribution in [0.2, 0.25) is 5.02 Å². The van der Waals surface area contributed by atoms with Gasteiger partial charge in [-0.1, -0.05) is 11.6 Å². The number of hydrogen-bond acceptors (Lipinski definition) is 4. The van der Waals surface area contributed by atoms with Crippen LogP contribution in [0.15, 0.2) is 30.6 Å². The van der Waals surface area contributed by atoms with Crippen molar-refractivity contribution in [1.82, 2.24) is 19.4 Å². The summed E-state index contributed by atoms with van der Waals surface area (Å²) in [6.07, 6.45) is -2.61. The molecule has 0 saturated heterocycles. The number of rotatable bonds is 5. The fraction of sp³-hybridized carbons (Fsp3) is 0.318. The van der Waals surface area contributed by atoms with Gasteiger partial charge in [-0.2, -0.15) is 13.2 Å². The van der Waals surface area contributed by atoms with Gasteiger partial charge in [0.25, 0.3) is 0 Å². The van der Waals surface area contributed by atoms with Gasteiger partial charge < -0.3 is 15.2 Å². The second kappa shape index (κ2) is 9.50. The minimum Gasteiger partial charge on any atom is -0.335 e. The van der Waals surface area contributed by atoms with Gasteiger partial charge in [0.2, 0.25) is 11.7 Å². The van der Waals surface area contributed by atoms with Gasteiger partial charge in [-0.05, 0) is 24.1 Å². The smallest absolute Gasteiger partial charge is 0.335 e. The van der Waals surface area contributed by atoms with Crippen molar-refractivity contribution in [2.45, 2.75) is 38.1 Å². The van der Waals surface area contributed by atoms with Crippen molar-refractivity contribution in [3.05, 3.63) is 70.1 Å². The molecule has 0 radical (unpaired) electrons. The van der Waals surface area contributed by atoms with Crippen molar-refractivity contribution < 1.29 is 31.1 Å². The average molecular weight is 518 g/mol. The molecular formula is C22H18ClF6N5O. The van der Waals surface area contributed by atoms with E-state index in [9.17, 15) is 31.1 Å². The first-order chi connectivity index (χ1) is 16.5. The average Bonchev–Trinajstić information content (AvgIpc) is 3.17. The molecule has 1 aliphatic heterocycles. The topological polar surface area (TPSA) is 77.0 Å². The number of carbonyl (C=O) groups is 1.